The van der Waals surface area contributed by atoms with Crippen molar-refractivity contribution in [2.45, 2.75) is 19.4 Å². The molecule has 0 saturated carbocycles. The van der Waals surface area contributed by atoms with Crippen LogP contribution in [0.2, 0.25) is 0 Å². The van der Waals surface area contributed by atoms with Crippen molar-refractivity contribution in [1.29, 1.82) is 0 Å². The van der Waals surface area contributed by atoms with Crippen LogP contribution in [0.25, 0.3) is 22.1 Å². The summed E-state index contributed by atoms with van der Waals surface area (Å²) in [4.78, 5) is 37.2. The zero-order valence-corrected chi connectivity index (χ0v) is 17.2. The largest absolute Gasteiger partial charge is 0.446 e. The minimum Gasteiger partial charge on any atom is -0.446 e. The van der Waals surface area contributed by atoms with Gasteiger partial charge in [0.2, 0.25) is 6.10 Å². The first kappa shape index (κ1) is 19.8. The summed E-state index contributed by atoms with van der Waals surface area (Å²) >= 11 is 0. The molecule has 0 fully saturated rings. The third-order valence-corrected chi connectivity index (χ3v) is 5.56. The van der Waals surface area contributed by atoms with Crippen LogP contribution >= 0.6 is 0 Å². The number of ether oxygens (including phenoxy) is 2. The maximum absolute atomic E-state index is 12.8. The second kappa shape index (κ2) is 7.81. The topological polar surface area (TPSA) is 82.8 Å². The zero-order chi connectivity index (χ0) is 22.2. The van der Waals surface area contributed by atoms with E-state index in [1.807, 2.05) is 30.3 Å². The van der Waals surface area contributed by atoms with Gasteiger partial charge in [0.15, 0.2) is 0 Å². The number of hydrogen-bond donors (Lipinski definition) is 0. The van der Waals surface area contributed by atoms with E-state index in [4.69, 9.17) is 13.9 Å². The molecular formula is C26H18O6. The van der Waals surface area contributed by atoms with Gasteiger partial charge in [-0.25, -0.2) is 14.4 Å². The number of fused-ring (bicyclic) bond motifs is 2. The van der Waals surface area contributed by atoms with Crippen molar-refractivity contribution in [3.63, 3.8) is 0 Å². The molecule has 5 rings (SSSR count). The molecule has 0 aliphatic carbocycles. The molecule has 3 aromatic carbocycles. The van der Waals surface area contributed by atoms with Crippen molar-refractivity contribution in [3.8, 4) is 16.9 Å². The molecule has 0 radical (unpaired) electrons. The highest BCUT2D eigenvalue weighted by Crippen LogP contribution is 2.33. The smallest absolute Gasteiger partial charge is 0.353 e. The molecule has 0 amide bonds. The first-order valence-electron chi connectivity index (χ1n) is 10.1. The van der Waals surface area contributed by atoms with Crippen LogP contribution in [-0.2, 0) is 16.0 Å². The van der Waals surface area contributed by atoms with Crippen LogP contribution in [0.3, 0.4) is 0 Å². The summed E-state index contributed by atoms with van der Waals surface area (Å²) in [7, 11) is 0. The monoisotopic (exact) mass is 426 g/mol. The van der Waals surface area contributed by atoms with E-state index in [9.17, 15) is 14.4 Å². The number of carbonyl (C=O) groups excluding carboxylic acids is 2. The van der Waals surface area contributed by atoms with E-state index < -0.39 is 23.7 Å². The van der Waals surface area contributed by atoms with Gasteiger partial charge in [0.05, 0.1) is 5.56 Å². The third kappa shape index (κ3) is 3.46. The van der Waals surface area contributed by atoms with Crippen molar-refractivity contribution in [1.82, 2.24) is 0 Å². The van der Waals surface area contributed by atoms with Gasteiger partial charge in [-0.05, 0) is 41.8 Å². The Hall–Kier alpha value is -4.19. The molecule has 0 saturated heterocycles. The van der Waals surface area contributed by atoms with Crippen LogP contribution in [0.5, 0.6) is 5.75 Å². The van der Waals surface area contributed by atoms with Gasteiger partial charge in [-0.15, -0.1) is 0 Å². The Morgan fingerprint density at radius 1 is 0.938 bits per heavy atom. The summed E-state index contributed by atoms with van der Waals surface area (Å²) in [6.45, 7) is 1.71. The molecule has 1 aliphatic rings. The highest BCUT2D eigenvalue weighted by molar-refractivity contribution is 5.97. The Kier molecular flexibility index (Phi) is 4.82. The number of aryl methyl sites for hydroxylation is 1. The van der Waals surface area contributed by atoms with Gasteiger partial charge < -0.3 is 13.9 Å². The molecule has 4 aromatic rings. The molecule has 6 heteroatoms. The quantitative estimate of drug-likeness (QED) is 0.273. The molecule has 1 aliphatic heterocycles. The highest BCUT2D eigenvalue weighted by atomic mass is 16.6. The lowest BCUT2D eigenvalue weighted by molar-refractivity contribution is -0.144. The SMILES string of the molecule is Cc1c(OC(=O)C2Cc3ccccc3C(=O)O2)ccc2c(-c3ccccc3)cc(=O)oc12. The number of hydrogen-bond acceptors (Lipinski definition) is 6. The highest BCUT2D eigenvalue weighted by Gasteiger charge is 2.33. The van der Waals surface area contributed by atoms with Crippen molar-refractivity contribution in [2.75, 3.05) is 0 Å². The fourth-order valence-corrected chi connectivity index (χ4v) is 3.95. The average molecular weight is 426 g/mol. The number of carbonyl (C=O) groups is 2. The summed E-state index contributed by atoms with van der Waals surface area (Å²) in [5.74, 6) is -0.995. The van der Waals surface area contributed by atoms with E-state index in [1.54, 1.807) is 43.3 Å². The minimum absolute atomic E-state index is 0.237. The molecule has 0 spiro atoms. The molecule has 32 heavy (non-hydrogen) atoms. The lowest BCUT2D eigenvalue weighted by Crippen LogP contribution is -2.37. The van der Waals surface area contributed by atoms with E-state index in [2.05, 4.69) is 0 Å². The Bertz CT molecular complexity index is 1420. The molecular weight excluding hydrogens is 408 g/mol. The van der Waals surface area contributed by atoms with Crippen LogP contribution in [-0.4, -0.2) is 18.0 Å². The van der Waals surface area contributed by atoms with Crippen molar-refractivity contribution >= 4 is 22.9 Å². The summed E-state index contributed by atoms with van der Waals surface area (Å²) in [6, 6.07) is 21.4. The number of rotatable bonds is 3. The van der Waals surface area contributed by atoms with E-state index in [0.717, 1.165) is 22.1 Å². The van der Waals surface area contributed by atoms with Gasteiger partial charge in [0.25, 0.3) is 0 Å². The molecule has 1 unspecified atom stereocenters. The first-order chi connectivity index (χ1) is 15.5. The van der Waals surface area contributed by atoms with Gasteiger partial charge in [-0.1, -0.05) is 48.5 Å². The molecule has 6 nitrogen and oxygen atoms in total. The lowest BCUT2D eigenvalue weighted by Gasteiger charge is -2.23. The normalized spacial score (nSPS) is 15.2. The molecule has 1 atom stereocenters. The maximum Gasteiger partial charge on any atom is 0.353 e. The van der Waals surface area contributed by atoms with Gasteiger partial charge in [-0.3, -0.25) is 0 Å². The van der Waals surface area contributed by atoms with Crippen molar-refractivity contribution in [2.24, 2.45) is 0 Å². The van der Waals surface area contributed by atoms with Crippen LogP contribution < -0.4 is 10.4 Å². The summed E-state index contributed by atoms with van der Waals surface area (Å²) in [5.41, 5.74) is 3.15. The molecule has 1 aromatic heterocycles. The maximum atomic E-state index is 12.8. The third-order valence-electron chi connectivity index (χ3n) is 5.56. The molecule has 2 heterocycles. The van der Waals surface area contributed by atoms with Gasteiger partial charge >= 0.3 is 17.6 Å². The predicted molar refractivity (Wildman–Crippen MR) is 118 cm³/mol. The molecule has 0 bridgehead atoms. The van der Waals surface area contributed by atoms with Crippen LogP contribution in [0, 0.1) is 6.92 Å². The number of cyclic esters (lactones) is 1. The fraction of sp³-hybridized carbons (Fsp3) is 0.115. The van der Waals surface area contributed by atoms with Gasteiger partial charge in [0.1, 0.15) is 11.3 Å². The first-order valence-corrected chi connectivity index (χ1v) is 10.1. The summed E-state index contributed by atoms with van der Waals surface area (Å²) < 4.78 is 16.3. The second-order valence-corrected chi connectivity index (χ2v) is 7.59. The Morgan fingerprint density at radius 3 is 2.50 bits per heavy atom. The van der Waals surface area contributed by atoms with Crippen molar-refractivity contribution in [3.05, 3.63) is 99.9 Å². The van der Waals surface area contributed by atoms with E-state index in [1.165, 1.54) is 6.07 Å². The minimum atomic E-state index is -1.05. The van der Waals surface area contributed by atoms with Crippen LogP contribution in [0.15, 0.2) is 82.0 Å². The Balaban J connectivity index is 1.48. The predicted octanol–water partition coefficient (Wildman–Crippen LogP) is 4.46. The van der Waals surface area contributed by atoms with E-state index in [0.29, 0.717) is 16.7 Å². The zero-order valence-electron chi connectivity index (χ0n) is 17.2. The molecule has 0 N–H and O–H groups in total. The van der Waals surface area contributed by atoms with Gasteiger partial charge in [0, 0.05) is 23.4 Å². The average Bonchev–Trinajstić information content (AvgIpc) is 2.81. The Labute approximate surface area is 183 Å². The number of esters is 2. The summed E-state index contributed by atoms with van der Waals surface area (Å²) in [6.07, 6.45) is -0.809. The van der Waals surface area contributed by atoms with E-state index in [-0.39, 0.29) is 12.2 Å². The molecule has 158 valence electrons. The van der Waals surface area contributed by atoms with E-state index >= 15 is 0 Å². The lowest BCUT2D eigenvalue weighted by atomic mass is 9.98. The van der Waals surface area contributed by atoms with Crippen molar-refractivity contribution < 1.29 is 23.5 Å². The number of benzene rings is 3. The Morgan fingerprint density at radius 2 is 1.69 bits per heavy atom. The fourth-order valence-electron chi connectivity index (χ4n) is 3.95. The van der Waals surface area contributed by atoms with Gasteiger partial charge in [-0.2, -0.15) is 0 Å². The van der Waals surface area contributed by atoms with Crippen LogP contribution in [0.4, 0.5) is 0 Å². The second-order valence-electron chi connectivity index (χ2n) is 7.59. The van der Waals surface area contributed by atoms with Crippen LogP contribution in [0.1, 0.15) is 21.5 Å². The standard InChI is InChI=1S/C26H18O6/c1-15-21(30-26(29)22-13-17-9-5-6-10-18(17)25(28)31-22)12-11-19-20(14-23(27)32-24(15)19)16-7-3-2-4-8-16/h2-12,14,22H,13H2,1H3. The summed E-state index contributed by atoms with van der Waals surface area (Å²) in [5, 5.41) is 0.728.